The monoisotopic (exact) mass is 527 g/mol. The van der Waals surface area contributed by atoms with Gasteiger partial charge in [-0.05, 0) is 84.0 Å². The van der Waals surface area contributed by atoms with Crippen LogP contribution in [0.25, 0.3) is 0 Å². The van der Waals surface area contributed by atoms with Crippen LogP contribution in [0.15, 0.2) is 23.8 Å². The van der Waals surface area contributed by atoms with Gasteiger partial charge in [0.05, 0.1) is 0 Å². The number of benzene rings is 1. The molecule has 2 unspecified atom stereocenters. The summed E-state index contributed by atoms with van der Waals surface area (Å²) in [5, 5.41) is 10.7. The van der Waals surface area contributed by atoms with Gasteiger partial charge in [-0.25, -0.2) is 0 Å². The average molecular weight is 528 g/mol. The van der Waals surface area contributed by atoms with Crippen LogP contribution in [0.4, 0.5) is 0 Å². The van der Waals surface area contributed by atoms with Crippen LogP contribution in [0, 0.1) is 16.7 Å². The fraction of sp³-hybridized carbons (Fsp3) is 0.706. The van der Waals surface area contributed by atoms with Crippen LogP contribution >= 0.6 is 0 Å². The predicted octanol–water partition coefficient (Wildman–Crippen LogP) is 8.55. The Labute approximate surface area is 234 Å². The zero-order valence-corrected chi connectivity index (χ0v) is 27.2. The first kappa shape index (κ1) is 34.1. The normalized spacial score (nSPS) is 18.2. The van der Waals surface area contributed by atoms with Crippen LogP contribution < -0.4 is 0 Å². The smallest absolute Gasteiger partial charge is 0.160 e. The first-order valence-electron chi connectivity index (χ1n) is 14.3. The third-order valence-corrected chi connectivity index (χ3v) is 8.79. The van der Waals surface area contributed by atoms with E-state index >= 15 is 0 Å². The number of hydrogen-bond donors (Lipinski definition) is 1. The Hall–Kier alpha value is -1.94. The number of carbonyl (C=O) groups is 2. The van der Waals surface area contributed by atoms with Gasteiger partial charge in [-0.1, -0.05) is 89.5 Å². The van der Waals surface area contributed by atoms with Gasteiger partial charge in [0.1, 0.15) is 5.75 Å². The molecule has 1 aromatic carbocycles. The lowest BCUT2D eigenvalue weighted by Gasteiger charge is -2.36. The summed E-state index contributed by atoms with van der Waals surface area (Å²) >= 11 is 0. The molecule has 0 aromatic heterocycles. The number of hydrogen-bond acceptors (Lipinski definition) is 4. The van der Waals surface area contributed by atoms with E-state index in [1.807, 2.05) is 13.8 Å². The Kier molecular flexibility index (Phi) is 10.8. The Bertz CT molecular complexity index is 994. The number of allylic oxidation sites excluding steroid dienone is 2. The Morgan fingerprint density at radius 2 is 1.32 bits per heavy atom. The maximum atomic E-state index is 12.3. The minimum atomic E-state index is -0.186. The molecule has 0 saturated carbocycles. The van der Waals surface area contributed by atoms with Crippen LogP contribution in [0.2, 0.25) is 0 Å². The van der Waals surface area contributed by atoms with Crippen molar-refractivity contribution in [3.63, 3.8) is 0 Å². The SMILES string of the molecule is CC(c1cc(C(C)(C)C)c(O)c(C(C)(C)C)c1)N(C)C.CCC(C)(C)C1=CC(=O)C(C(C)(C)CC)CC1=O. The third-order valence-electron chi connectivity index (χ3n) is 8.79. The molecule has 0 aliphatic heterocycles. The van der Waals surface area contributed by atoms with Crippen molar-refractivity contribution in [3.8, 4) is 5.75 Å². The number of aromatic hydroxyl groups is 1. The number of carbonyl (C=O) groups excluding carboxylic acids is 2. The lowest BCUT2D eigenvalue weighted by atomic mass is 9.66. The lowest BCUT2D eigenvalue weighted by Crippen LogP contribution is -2.37. The van der Waals surface area contributed by atoms with Gasteiger partial charge in [0.2, 0.25) is 0 Å². The minimum Gasteiger partial charge on any atom is -0.507 e. The fourth-order valence-electron chi connectivity index (χ4n) is 4.73. The third kappa shape index (κ3) is 8.04. The molecule has 0 radical (unpaired) electrons. The molecule has 4 nitrogen and oxygen atoms in total. The van der Waals surface area contributed by atoms with Crippen molar-refractivity contribution in [2.45, 2.75) is 126 Å². The number of nitrogens with zero attached hydrogens (tertiary/aromatic N) is 1. The molecule has 1 aliphatic carbocycles. The molecule has 0 amide bonds. The van der Waals surface area contributed by atoms with E-state index in [1.54, 1.807) is 6.08 Å². The molecule has 38 heavy (non-hydrogen) atoms. The number of rotatable bonds is 6. The zero-order valence-electron chi connectivity index (χ0n) is 27.2. The summed E-state index contributed by atoms with van der Waals surface area (Å²) < 4.78 is 0. The van der Waals surface area contributed by atoms with E-state index in [0.29, 0.717) is 18.2 Å². The standard InChI is InChI=1S/C18H31NO.C16H26O2/c1-12(19(8)9)13-10-14(17(2,3)4)16(20)15(11-13)18(5,6)7;1-7-15(3,4)11-9-14(18)12(10-13(11)17)16(5,6)8-2/h10-12,20H,1-9H3;9,12H,7-8,10H2,1-6H3. The second kappa shape index (κ2) is 12.1. The molecule has 0 saturated heterocycles. The summed E-state index contributed by atoms with van der Waals surface area (Å²) in [7, 11) is 4.18. The predicted molar refractivity (Wildman–Crippen MR) is 162 cm³/mol. The molecule has 0 fully saturated rings. The van der Waals surface area contributed by atoms with E-state index in [-0.39, 0.29) is 39.1 Å². The molecule has 0 heterocycles. The van der Waals surface area contributed by atoms with E-state index in [1.165, 1.54) is 5.56 Å². The van der Waals surface area contributed by atoms with Gasteiger partial charge in [0.15, 0.2) is 11.6 Å². The topological polar surface area (TPSA) is 57.6 Å². The number of phenols is 1. The van der Waals surface area contributed by atoms with Gasteiger partial charge in [0.25, 0.3) is 0 Å². The Morgan fingerprint density at radius 1 is 0.868 bits per heavy atom. The average Bonchev–Trinajstić information content (AvgIpc) is 2.78. The van der Waals surface area contributed by atoms with E-state index in [2.05, 4.69) is 107 Å². The van der Waals surface area contributed by atoms with Gasteiger partial charge in [0, 0.05) is 24.0 Å². The van der Waals surface area contributed by atoms with Gasteiger partial charge in [-0.2, -0.15) is 0 Å². The highest BCUT2D eigenvalue weighted by Crippen LogP contribution is 2.42. The van der Waals surface area contributed by atoms with E-state index in [4.69, 9.17) is 0 Å². The van der Waals surface area contributed by atoms with Gasteiger partial charge >= 0.3 is 0 Å². The quantitative estimate of drug-likeness (QED) is 0.402. The molecule has 0 bridgehead atoms. The second-order valence-corrected chi connectivity index (χ2v) is 14.8. The molecular weight excluding hydrogens is 470 g/mol. The number of ketones is 2. The van der Waals surface area contributed by atoms with Crippen molar-refractivity contribution in [2.75, 3.05) is 14.1 Å². The molecule has 4 heteroatoms. The maximum Gasteiger partial charge on any atom is 0.160 e. The van der Waals surface area contributed by atoms with Crippen molar-refractivity contribution in [2.24, 2.45) is 16.7 Å². The summed E-state index contributed by atoms with van der Waals surface area (Å²) in [5.41, 5.74) is 3.65. The second-order valence-electron chi connectivity index (χ2n) is 14.8. The van der Waals surface area contributed by atoms with Crippen LogP contribution in [0.5, 0.6) is 5.75 Å². The molecule has 1 aliphatic rings. The zero-order chi connectivity index (χ0) is 30.0. The first-order valence-corrected chi connectivity index (χ1v) is 14.3. The minimum absolute atomic E-state index is 0.0634. The highest BCUT2D eigenvalue weighted by atomic mass is 16.3. The molecule has 1 N–H and O–H groups in total. The van der Waals surface area contributed by atoms with Crippen molar-refractivity contribution in [1.82, 2.24) is 4.90 Å². The van der Waals surface area contributed by atoms with Crippen LogP contribution in [-0.2, 0) is 20.4 Å². The molecule has 2 rings (SSSR count). The van der Waals surface area contributed by atoms with E-state index in [0.717, 1.165) is 29.5 Å². The highest BCUT2D eigenvalue weighted by molar-refractivity contribution is 6.10. The van der Waals surface area contributed by atoms with Crippen molar-refractivity contribution in [1.29, 1.82) is 0 Å². The summed E-state index contributed by atoms with van der Waals surface area (Å²) in [6, 6.07) is 4.66. The van der Waals surface area contributed by atoms with Crippen LogP contribution in [-0.4, -0.2) is 35.7 Å². The summed E-state index contributed by atoms with van der Waals surface area (Å²) in [5.74, 6) is 0.608. The molecule has 2 atom stereocenters. The largest absolute Gasteiger partial charge is 0.507 e. The summed E-state index contributed by atoms with van der Waals surface area (Å²) in [6.45, 7) is 27.5. The Balaban J connectivity index is 0.000000382. The van der Waals surface area contributed by atoms with Gasteiger partial charge < -0.3 is 10.0 Å². The van der Waals surface area contributed by atoms with Crippen molar-refractivity contribution in [3.05, 3.63) is 40.5 Å². The highest BCUT2D eigenvalue weighted by Gasteiger charge is 2.41. The van der Waals surface area contributed by atoms with Crippen LogP contribution in [0.1, 0.15) is 132 Å². The van der Waals surface area contributed by atoms with E-state index in [9.17, 15) is 14.7 Å². The van der Waals surface area contributed by atoms with E-state index < -0.39 is 0 Å². The number of Topliss-reactive ketones (excluding diaryl/α,β-unsaturated/α-hetero) is 1. The molecule has 0 spiro atoms. The van der Waals surface area contributed by atoms with Crippen LogP contribution in [0.3, 0.4) is 0 Å². The molecule has 1 aromatic rings. The van der Waals surface area contributed by atoms with Gasteiger partial charge in [-0.3, -0.25) is 9.59 Å². The lowest BCUT2D eigenvalue weighted by molar-refractivity contribution is -0.129. The van der Waals surface area contributed by atoms with Crippen molar-refractivity contribution < 1.29 is 14.7 Å². The maximum absolute atomic E-state index is 12.3. The first-order chi connectivity index (χ1) is 17.0. The molecule has 216 valence electrons. The summed E-state index contributed by atoms with van der Waals surface area (Å²) in [6.07, 6.45) is 3.79. The summed E-state index contributed by atoms with van der Waals surface area (Å²) in [4.78, 5) is 26.8. The van der Waals surface area contributed by atoms with Crippen molar-refractivity contribution >= 4 is 11.6 Å². The fourth-order valence-corrected chi connectivity index (χ4v) is 4.73. The molecular formula is C34H57NO3. The Morgan fingerprint density at radius 3 is 1.66 bits per heavy atom. The van der Waals surface area contributed by atoms with Gasteiger partial charge in [-0.15, -0.1) is 0 Å². The number of phenolic OH excluding ortho intramolecular Hbond substituents is 1.